The topological polar surface area (TPSA) is 26.0 Å². The summed E-state index contributed by atoms with van der Waals surface area (Å²) < 4.78 is 13.9. The first kappa shape index (κ1) is 9.29. The van der Waals surface area contributed by atoms with Crippen molar-refractivity contribution in [3.63, 3.8) is 0 Å². The van der Waals surface area contributed by atoms with Crippen molar-refractivity contribution in [3.8, 4) is 0 Å². The SMILES string of the molecule is Nc1c(Br)cc(Br)c(Cl)c1F. The third-order valence-corrected chi connectivity index (χ3v) is 3.03. The predicted octanol–water partition coefficient (Wildman–Crippen LogP) is 3.59. The Hall–Kier alpha value is 0.200. The zero-order valence-corrected chi connectivity index (χ0v) is 9.09. The van der Waals surface area contributed by atoms with Crippen LogP contribution in [0.1, 0.15) is 0 Å². The van der Waals surface area contributed by atoms with E-state index in [0.29, 0.717) is 8.95 Å². The maximum Gasteiger partial charge on any atom is 0.166 e. The normalized spacial score (nSPS) is 10.2. The van der Waals surface area contributed by atoms with Gasteiger partial charge in [-0.25, -0.2) is 4.39 Å². The van der Waals surface area contributed by atoms with Crippen LogP contribution in [0.4, 0.5) is 10.1 Å². The van der Waals surface area contributed by atoms with E-state index >= 15 is 0 Å². The molecule has 0 heterocycles. The molecule has 0 aliphatic carbocycles. The lowest BCUT2D eigenvalue weighted by molar-refractivity contribution is 0.631. The lowest BCUT2D eigenvalue weighted by Gasteiger charge is -2.03. The summed E-state index contributed by atoms with van der Waals surface area (Å²) in [5, 5.41) is 0.00528. The van der Waals surface area contributed by atoms with Gasteiger partial charge < -0.3 is 5.73 Å². The molecule has 1 aromatic carbocycles. The molecule has 0 amide bonds. The van der Waals surface area contributed by atoms with Gasteiger partial charge in [0.15, 0.2) is 5.82 Å². The van der Waals surface area contributed by atoms with Gasteiger partial charge in [0, 0.05) is 8.95 Å². The van der Waals surface area contributed by atoms with Crippen LogP contribution in [0.2, 0.25) is 5.02 Å². The summed E-state index contributed by atoms with van der Waals surface area (Å²) in [4.78, 5) is 0. The summed E-state index contributed by atoms with van der Waals surface area (Å²) in [5.74, 6) is -0.604. The Labute approximate surface area is 85.0 Å². The maximum atomic E-state index is 12.9. The highest BCUT2D eigenvalue weighted by Crippen LogP contribution is 2.34. The second-order valence-corrected chi connectivity index (χ2v) is 3.97. The van der Waals surface area contributed by atoms with Gasteiger partial charge in [0.05, 0.1) is 10.7 Å². The molecule has 11 heavy (non-hydrogen) atoms. The summed E-state index contributed by atoms with van der Waals surface area (Å²) in [6, 6.07) is 1.60. The minimum atomic E-state index is -0.604. The minimum absolute atomic E-state index is 0.00528. The molecule has 1 aromatic rings. The molecule has 2 N–H and O–H groups in total. The molecule has 0 atom stereocenters. The monoisotopic (exact) mass is 301 g/mol. The van der Waals surface area contributed by atoms with Gasteiger partial charge in [-0.05, 0) is 37.9 Å². The third-order valence-electron chi connectivity index (χ3n) is 1.15. The van der Waals surface area contributed by atoms with Crippen LogP contribution in [0.15, 0.2) is 15.0 Å². The Morgan fingerprint density at radius 1 is 1.36 bits per heavy atom. The van der Waals surface area contributed by atoms with Crippen molar-refractivity contribution < 1.29 is 4.39 Å². The van der Waals surface area contributed by atoms with Crippen LogP contribution in [0.25, 0.3) is 0 Å². The molecule has 0 aliphatic heterocycles. The first-order chi connectivity index (χ1) is 5.04. The Morgan fingerprint density at radius 3 is 2.45 bits per heavy atom. The van der Waals surface area contributed by atoms with E-state index < -0.39 is 5.82 Å². The number of nitrogens with two attached hydrogens (primary N) is 1. The maximum absolute atomic E-state index is 12.9. The van der Waals surface area contributed by atoms with Crippen LogP contribution < -0.4 is 5.73 Å². The van der Waals surface area contributed by atoms with E-state index in [2.05, 4.69) is 31.9 Å². The van der Waals surface area contributed by atoms with Gasteiger partial charge in [0.1, 0.15) is 0 Å². The van der Waals surface area contributed by atoms with Gasteiger partial charge in [-0.3, -0.25) is 0 Å². The largest absolute Gasteiger partial charge is 0.395 e. The molecule has 5 heteroatoms. The van der Waals surface area contributed by atoms with Crippen LogP contribution >= 0.6 is 43.5 Å². The average Bonchev–Trinajstić information content (AvgIpc) is 1.97. The number of benzene rings is 1. The van der Waals surface area contributed by atoms with E-state index in [1.54, 1.807) is 6.07 Å². The standard InChI is InChI=1S/C6H3Br2ClFN/c7-2-1-3(8)6(11)5(10)4(2)9/h1H,11H2. The highest BCUT2D eigenvalue weighted by molar-refractivity contribution is 9.11. The van der Waals surface area contributed by atoms with Gasteiger partial charge in [0.2, 0.25) is 0 Å². The van der Waals surface area contributed by atoms with E-state index in [1.807, 2.05) is 0 Å². The summed E-state index contributed by atoms with van der Waals surface area (Å²) >= 11 is 11.7. The number of hydrogen-bond donors (Lipinski definition) is 1. The molecule has 0 radical (unpaired) electrons. The van der Waals surface area contributed by atoms with Crippen LogP contribution in [-0.2, 0) is 0 Å². The first-order valence-electron chi connectivity index (χ1n) is 2.62. The van der Waals surface area contributed by atoms with E-state index in [-0.39, 0.29) is 10.7 Å². The minimum Gasteiger partial charge on any atom is -0.395 e. The molecule has 0 unspecified atom stereocenters. The second kappa shape index (κ2) is 3.29. The third kappa shape index (κ3) is 1.68. The molecule has 0 saturated carbocycles. The molecule has 1 rings (SSSR count). The van der Waals surface area contributed by atoms with E-state index in [0.717, 1.165) is 0 Å². The van der Waals surface area contributed by atoms with Crippen molar-refractivity contribution >= 4 is 49.1 Å². The fourth-order valence-corrected chi connectivity index (χ4v) is 1.85. The van der Waals surface area contributed by atoms with Gasteiger partial charge in [-0.1, -0.05) is 11.6 Å². The van der Waals surface area contributed by atoms with Gasteiger partial charge in [-0.15, -0.1) is 0 Å². The van der Waals surface area contributed by atoms with Crippen molar-refractivity contribution in [2.75, 3.05) is 5.73 Å². The van der Waals surface area contributed by atoms with E-state index in [4.69, 9.17) is 17.3 Å². The van der Waals surface area contributed by atoms with Crippen molar-refractivity contribution in [1.29, 1.82) is 0 Å². The molecule has 0 saturated heterocycles. The quantitative estimate of drug-likeness (QED) is 0.442. The second-order valence-electron chi connectivity index (χ2n) is 1.88. The average molecular weight is 303 g/mol. The molecule has 0 fully saturated rings. The fraction of sp³-hybridized carbons (Fsp3) is 0. The Kier molecular flexibility index (Phi) is 2.78. The lowest BCUT2D eigenvalue weighted by Crippen LogP contribution is -1.93. The Balaban J connectivity index is 3.46. The first-order valence-corrected chi connectivity index (χ1v) is 4.59. The summed E-state index contributed by atoms with van der Waals surface area (Å²) in [7, 11) is 0. The molecule has 60 valence electrons. The number of halogens is 4. The van der Waals surface area contributed by atoms with Crippen molar-refractivity contribution in [1.82, 2.24) is 0 Å². The molecule has 0 bridgehead atoms. The zero-order chi connectivity index (χ0) is 8.59. The number of nitrogen functional groups attached to an aromatic ring is 1. The summed E-state index contributed by atoms with van der Waals surface area (Å²) in [5.41, 5.74) is 5.35. The van der Waals surface area contributed by atoms with Gasteiger partial charge in [0.25, 0.3) is 0 Å². The van der Waals surface area contributed by atoms with Gasteiger partial charge in [-0.2, -0.15) is 0 Å². The summed E-state index contributed by atoms with van der Waals surface area (Å²) in [6.07, 6.45) is 0. The Morgan fingerprint density at radius 2 is 1.91 bits per heavy atom. The smallest absolute Gasteiger partial charge is 0.166 e. The van der Waals surface area contributed by atoms with Crippen LogP contribution in [0, 0.1) is 5.82 Å². The Bertz CT molecular complexity index is 277. The number of rotatable bonds is 0. The van der Waals surface area contributed by atoms with Crippen LogP contribution in [-0.4, -0.2) is 0 Å². The highest BCUT2D eigenvalue weighted by Gasteiger charge is 2.11. The van der Waals surface area contributed by atoms with Crippen molar-refractivity contribution in [2.24, 2.45) is 0 Å². The molecule has 1 nitrogen and oxygen atoms in total. The van der Waals surface area contributed by atoms with Crippen LogP contribution in [0.5, 0.6) is 0 Å². The molecular weight excluding hydrogens is 300 g/mol. The van der Waals surface area contributed by atoms with E-state index in [1.165, 1.54) is 0 Å². The number of anilines is 1. The molecule has 0 aromatic heterocycles. The van der Waals surface area contributed by atoms with Crippen molar-refractivity contribution in [3.05, 3.63) is 25.9 Å². The fourth-order valence-electron chi connectivity index (χ4n) is 0.580. The molecule has 0 aliphatic rings. The zero-order valence-electron chi connectivity index (χ0n) is 5.17. The van der Waals surface area contributed by atoms with Crippen LogP contribution in [0.3, 0.4) is 0 Å². The summed E-state index contributed by atoms with van der Waals surface area (Å²) in [6.45, 7) is 0. The highest BCUT2D eigenvalue weighted by atomic mass is 79.9. The predicted molar refractivity (Wildman–Crippen MR) is 51.2 cm³/mol. The number of hydrogen-bond acceptors (Lipinski definition) is 1. The van der Waals surface area contributed by atoms with Crippen molar-refractivity contribution in [2.45, 2.75) is 0 Å². The lowest BCUT2D eigenvalue weighted by atomic mass is 10.3. The molecular formula is C6H3Br2ClFN. The van der Waals surface area contributed by atoms with E-state index in [9.17, 15) is 4.39 Å². The molecule has 0 spiro atoms. The van der Waals surface area contributed by atoms with Gasteiger partial charge >= 0.3 is 0 Å².